The van der Waals surface area contributed by atoms with Crippen LogP contribution >= 0.6 is 0 Å². The Morgan fingerprint density at radius 3 is 2.39 bits per heavy atom. The number of hydrogen-bond donors (Lipinski definition) is 1. The number of carbonyl (C=O) groups excluding carboxylic acids is 2. The van der Waals surface area contributed by atoms with Crippen molar-refractivity contribution in [3.05, 3.63) is 59.7 Å². The van der Waals surface area contributed by atoms with E-state index in [4.69, 9.17) is 9.47 Å². The van der Waals surface area contributed by atoms with Crippen LogP contribution in [-0.2, 0) is 0 Å². The second kappa shape index (κ2) is 9.26. The summed E-state index contributed by atoms with van der Waals surface area (Å²) in [7, 11) is 1.58. The number of likely N-dealkylation sites (tertiary alicyclic amines) is 1. The van der Waals surface area contributed by atoms with Gasteiger partial charge in [0.15, 0.2) is 11.5 Å². The van der Waals surface area contributed by atoms with E-state index in [1.54, 1.807) is 37.4 Å². The van der Waals surface area contributed by atoms with Crippen molar-refractivity contribution in [3.63, 3.8) is 0 Å². The molecule has 2 aromatic carbocycles. The Bertz CT molecular complexity index is 815. The zero-order valence-electron chi connectivity index (χ0n) is 16.3. The lowest BCUT2D eigenvalue weighted by Gasteiger charge is -2.32. The number of methoxy groups -OCH3 is 1. The largest absolute Gasteiger partial charge is 0.493 e. The van der Waals surface area contributed by atoms with Crippen LogP contribution < -0.4 is 14.8 Å². The molecule has 6 heteroatoms. The summed E-state index contributed by atoms with van der Waals surface area (Å²) in [6.07, 6.45) is 1.47. The number of amides is 2. The van der Waals surface area contributed by atoms with E-state index in [-0.39, 0.29) is 17.9 Å². The van der Waals surface area contributed by atoms with Crippen LogP contribution in [0.15, 0.2) is 48.5 Å². The SMILES string of the molecule is CCOc1cc(C(=O)N2CCC(NC(=O)c3ccccc3)CC2)ccc1OC. The fraction of sp³-hybridized carbons (Fsp3) is 0.364. The van der Waals surface area contributed by atoms with Crippen LogP contribution in [0.3, 0.4) is 0 Å². The van der Waals surface area contributed by atoms with Crippen molar-refractivity contribution in [2.45, 2.75) is 25.8 Å². The van der Waals surface area contributed by atoms with Gasteiger partial charge in [0, 0.05) is 30.3 Å². The maximum atomic E-state index is 12.8. The average Bonchev–Trinajstić information content (AvgIpc) is 2.74. The third kappa shape index (κ3) is 4.63. The van der Waals surface area contributed by atoms with Gasteiger partial charge in [-0.2, -0.15) is 0 Å². The van der Waals surface area contributed by atoms with E-state index in [0.29, 0.717) is 42.3 Å². The van der Waals surface area contributed by atoms with Crippen LogP contribution in [-0.4, -0.2) is 49.6 Å². The Morgan fingerprint density at radius 2 is 1.75 bits per heavy atom. The van der Waals surface area contributed by atoms with E-state index in [2.05, 4.69) is 5.32 Å². The number of piperidine rings is 1. The molecule has 1 fully saturated rings. The summed E-state index contributed by atoms with van der Waals surface area (Å²) in [5, 5.41) is 3.06. The van der Waals surface area contributed by atoms with Crippen molar-refractivity contribution in [2.75, 3.05) is 26.8 Å². The third-order valence-corrected chi connectivity index (χ3v) is 4.86. The molecule has 2 aromatic rings. The van der Waals surface area contributed by atoms with E-state index in [1.165, 1.54) is 0 Å². The maximum Gasteiger partial charge on any atom is 0.253 e. The Kier molecular flexibility index (Phi) is 6.53. The normalized spacial score (nSPS) is 14.4. The van der Waals surface area contributed by atoms with Crippen LogP contribution in [0.2, 0.25) is 0 Å². The molecule has 1 saturated heterocycles. The molecule has 0 spiro atoms. The van der Waals surface area contributed by atoms with Crippen LogP contribution in [0.25, 0.3) is 0 Å². The summed E-state index contributed by atoms with van der Waals surface area (Å²) in [6, 6.07) is 14.5. The molecule has 3 rings (SSSR count). The number of ether oxygens (including phenoxy) is 2. The lowest BCUT2D eigenvalue weighted by atomic mass is 10.0. The zero-order valence-corrected chi connectivity index (χ0v) is 16.3. The molecular weight excluding hydrogens is 356 g/mol. The predicted octanol–water partition coefficient (Wildman–Crippen LogP) is 3.13. The molecular formula is C22H26N2O4. The van der Waals surface area contributed by atoms with Gasteiger partial charge in [0.25, 0.3) is 11.8 Å². The highest BCUT2D eigenvalue weighted by Crippen LogP contribution is 2.29. The van der Waals surface area contributed by atoms with Crippen LogP contribution in [0, 0.1) is 0 Å². The van der Waals surface area contributed by atoms with Crippen LogP contribution in [0.5, 0.6) is 11.5 Å². The molecule has 0 atom stereocenters. The molecule has 0 unspecified atom stereocenters. The number of benzene rings is 2. The van der Waals surface area contributed by atoms with Gasteiger partial charge in [-0.05, 0) is 50.1 Å². The molecule has 1 heterocycles. The minimum absolute atomic E-state index is 0.0311. The monoisotopic (exact) mass is 382 g/mol. The quantitative estimate of drug-likeness (QED) is 0.834. The van der Waals surface area contributed by atoms with Gasteiger partial charge in [0.1, 0.15) is 0 Å². The molecule has 6 nitrogen and oxygen atoms in total. The van der Waals surface area contributed by atoms with E-state index in [9.17, 15) is 9.59 Å². The van der Waals surface area contributed by atoms with Gasteiger partial charge in [0.2, 0.25) is 0 Å². The first-order valence-electron chi connectivity index (χ1n) is 9.58. The van der Waals surface area contributed by atoms with E-state index < -0.39 is 0 Å². The second-order valence-electron chi connectivity index (χ2n) is 6.70. The zero-order chi connectivity index (χ0) is 19.9. The number of hydrogen-bond acceptors (Lipinski definition) is 4. The Labute approximate surface area is 165 Å². The molecule has 0 aromatic heterocycles. The summed E-state index contributed by atoms with van der Waals surface area (Å²) in [5.74, 6) is 1.08. The number of rotatable bonds is 6. The topological polar surface area (TPSA) is 67.9 Å². The third-order valence-electron chi connectivity index (χ3n) is 4.86. The summed E-state index contributed by atoms with van der Waals surface area (Å²) in [6.45, 7) is 3.60. The Hall–Kier alpha value is -3.02. The number of carbonyl (C=O) groups is 2. The Morgan fingerprint density at radius 1 is 1.04 bits per heavy atom. The molecule has 0 saturated carbocycles. The molecule has 1 aliphatic heterocycles. The smallest absolute Gasteiger partial charge is 0.253 e. The van der Waals surface area contributed by atoms with Gasteiger partial charge in [-0.15, -0.1) is 0 Å². The first-order valence-corrected chi connectivity index (χ1v) is 9.58. The summed E-state index contributed by atoms with van der Waals surface area (Å²) < 4.78 is 10.8. The highest BCUT2D eigenvalue weighted by molar-refractivity contribution is 5.95. The lowest BCUT2D eigenvalue weighted by molar-refractivity contribution is 0.0697. The van der Waals surface area contributed by atoms with Crippen molar-refractivity contribution in [3.8, 4) is 11.5 Å². The molecule has 148 valence electrons. The van der Waals surface area contributed by atoms with Crippen molar-refractivity contribution < 1.29 is 19.1 Å². The summed E-state index contributed by atoms with van der Waals surface area (Å²) in [4.78, 5) is 27.0. The number of nitrogens with one attached hydrogen (secondary N) is 1. The minimum Gasteiger partial charge on any atom is -0.493 e. The standard InChI is InChI=1S/C22H26N2O4/c1-3-28-20-15-17(9-10-19(20)27-2)22(26)24-13-11-18(12-14-24)23-21(25)16-7-5-4-6-8-16/h4-10,15,18H,3,11-14H2,1-2H3,(H,23,25). The molecule has 0 radical (unpaired) electrons. The molecule has 28 heavy (non-hydrogen) atoms. The van der Waals surface area contributed by atoms with Crippen molar-refractivity contribution in [1.82, 2.24) is 10.2 Å². The summed E-state index contributed by atoms with van der Waals surface area (Å²) in [5.41, 5.74) is 1.23. The first kappa shape index (κ1) is 19.7. The molecule has 0 aliphatic carbocycles. The average molecular weight is 382 g/mol. The summed E-state index contributed by atoms with van der Waals surface area (Å²) >= 11 is 0. The Balaban J connectivity index is 1.58. The van der Waals surface area contributed by atoms with Gasteiger partial charge in [-0.25, -0.2) is 0 Å². The van der Waals surface area contributed by atoms with Crippen molar-refractivity contribution in [2.24, 2.45) is 0 Å². The van der Waals surface area contributed by atoms with E-state index in [0.717, 1.165) is 12.8 Å². The molecule has 1 N–H and O–H groups in total. The van der Waals surface area contributed by atoms with Crippen LogP contribution in [0.1, 0.15) is 40.5 Å². The van der Waals surface area contributed by atoms with Gasteiger partial charge in [-0.3, -0.25) is 9.59 Å². The van der Waals surface area contributed by atoms with Gasteiger partial charge in [-0.1, -0.05) is 18.2 Å². The van der Waals surface area contributed by atoms with Gasteiger partial charge in [0.05, 0.1) is 13.7 Å². The molecule has 0 bridgehead atoms. The second-order valence-corrected chi connectivity index (χ2v) is 6.70. The highest BCUT2D eigenvalue weighted by Gasteiger charge is 2.25. The first-order chi connectivity index (χ1) is 13.6. The fourth-order valence-corrected chi connectivity index (χ4v) is 3.35. The van der Waals surface area contributed by atoms with Gasteiger partial charge < -0.3 is 19.7 Å². The van der Waals surface area contributed by atoms with Crippen molar-refractivity contribution in [1.29, 1.82) is 0 Å². The number of nitrogens with zero attached hydrogens (tertiary/aromatic N) is 1. The molecule has 2 amide bonds. The highest BCUT2D eigenvalue weighted by atomic mass is 16.5. The van der Waals surface area contributed by atoms with Gasteiger partial charge >= 0.3 is 0 Å². The lowest BCUT2D eigenvalue weighted by Crippen LogP contribution is -2.46. The van der Waals surface area contributed by atoms with Crippen molar-refractivity contribution >= 4 is 11.8 Å². The fourth-order valence-electron chi connectivity index (χ4n) is 3.35. The molecule has 1 aliphatic rings. The van der Waals surface area contributed by atoms with E-state index in [1.807, 2.05) is 30.0 Å². The minimum atomic E-state index is -0.0677. The predicted molar refractivity (Wildman–Crippen MR) is 107 cm³/mol. The van der Waals surface area contributed by atoms with Crippen LogP contribution in [0.4, 0.5) is 0 Å². The maximum absolute atomic E-state index is 12.8. The van der Waals surface area contributed by atoms with E-state index >= 15 is 0 Å².